The van der Waals surface area contributed by atoms with Crippen LogP contribution in [0.15, 0.2) is 55.0 Å². The van der Waals surface area contributed by atoms with E-state index >= 15 is 4.39 Å². The minimum absolute atomic E-state index is 0.0709. The number of esters is 1. The second-order valence-electron chi connectivity index (χ2n) is 10.4. The van der Waals surface area contributed by atoms with Crippen molar-refractivity contribution in [1.29, 1.82) is 0 Å². The number of aromatic nitrogens is 4. The summed E-state index contributed by atoms with van der Waals surface area (Å²) >= 11 is 0. The van der Waals surface area contributed by atoms with Gasteiger partial charge in [0.1, 0.15) is 17.2 Å². The van der Waals surface area contributed by atoms with Gasteiger partial charge in [-0.1, -0.05) is 24.3 Å². The molecule has 3 aliphatic carbocycles. The van der Waals surface area contributed by atoms with Gasteiger partial charge in [-0.05, 0) is 49.7 Å². The number of ether oxygens (including phenoxy) is 2. The Bertz CT molecular complexity index is 1670. The predicted octanol–water partition coefficient (Wildman–Crippen LogP) is 5.82. The summed E-state index contributed by atoms with van der Waals surface area (Å²) < 4.78 is 53.2. The molecule has 0 aliphatic heterocycles. The molecule has 1 saturated carbocycles. The quantitative estimate of drug-likeness (QED) is 0.272. The third kappa shape index (κ3) is 4.04. The molecule has 0 bridgehead atoms. The van der Waals surface area contributed by atoms with Gasteiger partial charge < -0.3 is 13.9 Å². The fraction of sp³-hybridized carbons (Fsp3) is 0.333. The lowest BCUT2D eigenvalue weighted by molar-refractivity contribution is -0.145. The van der Waals surface area contributed by atoms with Crippen LogP contribution in [0.5, 0.6) is 5.75 Å². The molecule has 7 rings (SSSR count). The van der Waals surface area contributed by atoms with E-state index < -0.39 is 12.4 Å². The highest BCUT2D eigenvalue weighted by atomic mass is 19.3. The van der Waals surface area contributed by atoms with Crippen LogP contribution < -0.4 is 4.74 Å². The monoisotopic (exact) mass is 546 g/mol. The Morgan fingerprint density at radius 3 is 2.73 bits per heavy atom. The smallest absolute Gasteiger partial charge is 0.387 e. The molecule has 0 N–H and O–H groups in total. The molecule has 1 aromatic carbocycles. The molecule has 3 heterocycles. The number of carbonyl (C=O) groups is 1. The fourth-order valence-electron chi connectivity index (χ4n) is 6.40. The molecule has 3 aromatic heterocycles. The van der Waals surface area contributed by atoms with Crippen molar-refractivity contribution >= 4 is 17.2 Å². The number of pyridine rings is 1. The first kappa shape index (κ1) is 24.8. The number of allylic oxidation sites excluding steroid dienone is 2. The van der Waals surface area contributed by atoms with E-state index in [1.54, 1.807) is 43.7 Å². The van der Waals surface area contributed by atoms with Crippen molar-refractivity contribution in [3.63, 3.8) is 0 Å². The molecule has 4 aromatic rings. The number of alkyl halides is 2. The number of hydrogen-bond acceptors (Lipinski definition) is 6. The van der Waals surface area contributed by atoms with Crippen molar-refractivity contribution in [3.8, 4) is 16.9 Å². The number of benzene rings is 1. The zero-order valence-electron chi connectivity index (χ0n) is 21.6. The van der Waals surface area contributed by atoms with Crippen LogP contribution in [0.25, 0.3) is 22.3 Å². The summed E-state index contributed by atoms with van der Waals surface area (Å²) in [6.45, 7) is -0.754. The van der Waals surface area contributed by atoms with Crippen LogP contribution >= 0.6 is 0 Å². The highest BCUT2D eigenvalue weighted by molar-refractivity contribution is 5.81. The van der Waals surface area contributed by atoms with E-state index in [9.17, 15) is 13.6 Å². The van der Waals surface area contributed by atoms with Crippen LogP contribution in [0, 0.1) is 23.6 Å². The SMILES string of the molecule is CCOC(=O)[C@H]1[C@@H]2C=C(c3ncc(-c4cn5c6c(nc5cc4F)CC[C@@H]6c4ccccc4OC(F)F)cn3)C[C@@H]21. The minimum Gasteiger partial charge on any atom is -0.466 e. The lowest BCUT2D eigenvalue weighted by Crippen LogP contribution is -2.10. The fourth-order valence-corrected chi connectivity index (χ4v) is 6.40. The number of nitrogens with zero attached hydrogens (tertiary/aromatic N) is 4. The molecule has 0 saturated heterocycles. The molecular formula is C30H25F3N4O3. The van der Waals surface area contributed by atoms with Crippen molar-refractivity contribution in [3.05, 3.63) is 83.6 Å². The van der Waals surface area contributed by atoms with Crippen molar-refractivity contribution < 1.29 is 27.4 Å². The van der Waals surface area contributed by atoms with Gasteiger partial charge >= 0.3 is 12.6 Å². The Morgan fingerprint density at radius 1 is 1.20 bits per heavy atom. The van der Waals surface area contributed by atoms with E-state index in [4.69, 9.17) is 9.47 Å². The first-order valence-electron chi connectivity index (χ1n) is 13.4. The number of rotatable bonds is 7. The summed E-state index contributed by atoms with van der Waals surface area (Å²) in [5.74, 6) is 0.212. The molecule has 0 amide bonds. The van der Waals surface area contributed by atoms with Crippen molar-refractivity contribution in [2.45, 2.75) is 38.7 Å². The second-order valence-corrected chi connectivity index (χ2v) is 10.4. The van der Waals surface area contributed by atoms with Gasteiger partial charge in [0.2, 0.25) is 0 Å². The summed E-state index contributed by atoms with van der Waals surface area (Å²) in [4.78, 5) is 25.7. The Kier molecular flexibility index (Phi) is 5.87. The van der Waals surface area contributed by atoms with Crippen LogP contribution in [0.3, 0.4) is 0 Å². The number of halogens is 3. The zero-order chi connectivity index (χ0) is 27.5. The summed E-state index contributed by atoms with van der Waals surface area (Å²) in [5, 5.41) is 0. The Hall–Kier alpha value is -4.21. The average Bonchev–Trinajstić information content (AvgIpc) is 3.25. The summed E-state index contributed by atoms with van der Waals surface area (Å²) in [6, 6.07) is 8.14. The third-order valence-corrected chi connectivity index (χ3v) is 8.22. The molecule has 40 heavy (non-hydrogen) atoms. The molecule has 0 spiro atoms. The van der Waals surface area contributed by atoms with Gasteiger partial charge in [-0.15, -0.1) is 0 Å². The largest absolute Gasteiger partial charge is 0.466 e. The predicted molar refractivity (Wildman–Crippen MR) is 139 cm³/mol. The summed E-state index contributed by atoms with van der Waals surface area (Å²) in [5.41, 5.74) is 4.56. The van der Waals surface area contributed by atoms with Crippen LogP contribution in [0.1, 0.15) is 48.5 Å². The number of para-hydroxylation sites is 1. The third-order valence-electron chi connectivity index (χ3n) is 8.22. The van der Waals surface area contributed by atoms with E-state index in [-0.39, 0.29) is 35.4 Å². The molecule has 0 radical (unpaired) electrons. The number of fused-ring (bicyclic) bond motifs is 4. The number of carbonyl (C=O) groups excluding carboxylic acids is 1. The molecule has 7 nitrogen and oxygen atoms in total. The minimum atomic E-state index is -2.93. The standard InChI is InChI=1S/C30H25F3N4O3/c1-2-39-29(38)26-19-9-15(10-20(19)26)28-34-12-16(13-35-28)21-14-37-25(11-22(21)31)36-23-8-7-18(27(23)37)17-5-3-4-6-24(17)40-30(32)33/h3-6,9,11-14,18-20,26,30H,2,7-8,10H2,1H3/t18-,19-,20+,26+/m1/s1. The lowest BCUT2D eigenvalue weighted by atomic mass is 9.95. The highest BCUT2D eigenvalue weighted by Gasteiger charge is 2.57. The van der Waals surface area contributed by atoms with E-state index in [1.165, 1.54) is 12.1 Å². The van der Waals surface area contributed by atoms with E-state index in [1.807, 2.05) is 4.40 Å². The number of imidazole rings is 1. The average molecular weight is 547 g/mol. The Balaban J connectivity index is 1.19. The maximum Gasteiger partial charge on any atom is 0.387 e. The van der Waals surface area contributed by atoms with Crippen molar-refractivity contribution in [2.24, 2.45) is 17.8 Å². The topological polar surface area (TPSA) is 78.6 Å². The summed E-state index contributed by atoms with van der Waals surface area (Å²) in [7, 11) is 0. The van der Waals surface area contributed by atoms with Crippen molar-refractivity contribution in [2.75, 3.05) is 6.61 Å². The normalized spacial score (nSPS) is 22.8. The molecule has 3 aliphatic rings. The molecule has 1 fully saturated rings. The second kappa shape index (κ2) is 9.46. The van der Waals surface area contributed by atoms with Crippen molar-refractivity contribution in [1.82, 2.24) is 19.4 Å². The van der Waals surface area contributed by atoms with Gasteiger partial charge in [0.15, 0.2) is 5.82 Å². The van der Waals surface area contributed by atoms with Gasteiger partial charge in [-0.25, -0.2) is 19.3 Å². The molecule has 0 unspecified atom stereocenters. The lowest BCUT2D eigenvalue weighted by Gasteiger charge is -2.17. The van der Waals surface area contributed by atoms with Gasteiger partial charge in [0.05, 0.1) is 23.9 Å². The van der Waals surface area contributed by atoms with E-state index in [0.29, 0.717) is 54.0 Å². The number of hydrogen-bond donors (Lipinski definition) is 0. The Labute approximate surface area is 227 Å². The van der Waals surface area contributed by atoms with Crippen LogP contribution in [-0.2, 0) is 16.0 Å². The molecular weight excluding hydrogens is 521 g/mol. The number of aryl methyl sites for hydroxylation is 1. The Morgan fingerprint density at radius 2 is 2.00 bits per heavy atom. The van der Waals surface area contributed by atoms with E-state index in [2.05, 4.69) is 21.0 Å². The molecule has 204 valence electrons. The van der Waals surface area contributed by atoms with E-state index in [0.717, 1.165) is 17.0 Å². The molecule has 4 atom stereocenters. The maximum absolute atomic E-state index is 15.3. The highest BCUT2D eigenvalue weighted by Crippen LogP contribution is 2.58. The van der Waals surface area contributed by atoms with Crippen LogP contribution in [-0.4, -0.2) is 38.5 Å². The zero-order valence-corrected chi connectivity index (χ0v) is 21.6. The summed E-state index contributed by atoms with van der Waals surface area (Å²) in [6.07, 6.45) is 8.97. The maximum atomic E-state index is 15.3. The van der Waals surface area contributed by atoms with Gasteiger partial charge in [-0.2, -0.15) is 8.78 Å². The first-order chi connectivity index (χ1) is 19.4. The molecule has 10 heteroatoms. The van der Waals surface area contributed by atoms with Crippen LogP contribution in [0.4, 0.5) is 13.2 Å². The van der Waals surface area contributed by atoms with Gasteiger partial charge in [-0.3, -0.25) is 4.79 Å². The van der Waals surface area contributed by atoms with Crippen LogP contribution in [0.2, 0.25) is 0 Å². The van der Waals surface area contributed by atoms with Gasteiger partial charge in [0.25, 0.3) is 0 Å². The first-order valence-corrected chi connectivity index (χ1v) is 13.4. The van der Waals surface area contributed by atoms with Gasteiger partial charge in [0, 0.05) is 47.3 Å².